The Morgan fingerprint density at radius 1 is 1.22 bits per heavy atom. The monoisotopic (exact) mass is 239 g/mol. The van der Waals surface area contributed by atoms with Crippen molar-refractivity contribution in [3.63, 3.8) is 0 Å². The van der Waals surface area contributed by atoms with Gasteiger partial charge in [0.2, 0.25) is 0 Å². The quantitative estimate of drug-likeness (QED) is 0.824. The fourth-order valence-electron chi connectivity index (χ4n) is 1.64. The highest BCUT2D eigenvalue weighted by atomic mass is 16.1. The van der Waals surface area contributed by atoms with Crippen LogP contribution in [0.5, 0.6) is 0 Å². The van der Waals surface area contributed by atoms with Crippen LogP contribution >= 0.6 is 0 Å². The average molecular weight is 239 g/mol. The number of aryl methyl sites for hydroxylation is 2. The third-order valence-electron chi connectivity index (χ3n) is 2.65. The Kier molecular flexibility index (Phi) is 3.54. The van der Waals surface area contributed by atoms with Crippen LogP contribution in [0.15, 0.2) is 41.2 Å². The Hall–Kier alpha value is -2.41. The van der Waals surface area contributed by atoms with Crippen LogP contribution in [0, 0.1) is 18.3 Å². The molecule has 0 saturated carbocycles. The number of hydrogen-bond donors (Lipinski definition) is 0. The minimum atomic E-state index is -0.180. The lowest BCUT2D eigenvalue weighted by Gasteiger charge is -2.05. The second-order valence-corrected chi connectivity index (χ2v) is 4.05. The predicted octanol–water partition coefficient (Wildman–Crippen LogP) is 2.13. The zero-order valence-electron chi connectivity index (χ0n) is 10.1. The summed E-state index contributed by atoms with van der Waals surface area (Å²) in [6.07, 6.45) is 0.282. The van der Waals surface area contributed by atoms with Crippen LogP contribution in [0.3, 0.4) is 0 Å². The number of benzene rings is 1. The second-order valence-electron chi connectivity index (χ2n) is 4.05. The van der Waals surface area contributed by atoms with E-state index in [4.69, 9.17) is 5.26 Å². The lowest BCUT2D eigenvalue weighted by molar-refractivity contribution is 0.592. The molecule has 0 radical (unpaired) electrons. The first-order valence-electron chi connectivity index (χ1n) is 5.73. The molecule has 0 aliphatic carbocycles. The summed E-state index contributed by atoms with van der Waals surface area (Å²) in [7, 11) is 0. The van der Waals surface area contributed by atoms with Gasteiger partial charge in [-0.15, -0.1) is 0 Å². The van der Waals surface area contributed by atoms with Crippen LogP contribution in [0.25, 0.3) is 11.3 Å². The predicted molar refractivity (Wildman–Crippen MR) is 68.9 cm³/mol. The van der Waals surface area contributed by atoms with Crippen molar-refractivity contribution in [2.75, 3.05) is 0 Å². The molecule has 18 heavy (non-hydrogen) atoms. The van der Waals surface area contributed by atoms with Gasteiger partial charge in [-0.05, 0) is 13.0 Å². The summed E-state index contributed by atoms with van der Waals surface area (Å²) >= 11 is 0. The van der Waals surface area contributed by atoms with Gasteiger partial charge in [-0.2, -0.15) is 10.4 Å². The molecule has 2 rings (SSSR count). The lowest BCUT2D eigenvalue weighted by Crippen LogP contribution is -2.22. The van der Waals surface area contributed by atoms with Crippen LogP contribution < -0.4 is 5.56 Å². The van der Waals surface area contributed by atoms with Crippen molar-refractivity contribution in [3.8, 4) is 17.3 Å². The Bertz CT molecular complexity index is 635. The Morgan fingerprint density at radius 2 is 1.94 bits per heavy atom. The SMILES string of the molecule is Cc1ccc(-c2ccc(=O)n(CCC#N)n2)cc1. The highest BCUT2D eigenvalue weighted by Gasteiger charge is 2.02. The van der Waals surface area contributed by atoms with E-state index in [-0.39, 0.29) is 12.0 Å². The van der Waals surface area contributed by atoms with Crippen molar-refractivity contribution in [3.05, 3.63) is 52.3 Å². The van der Waals surface area contributed by atoms with E-state index in [0.29, 0.717) is 6.54 Å². The maximum atomic E-state index is 11.6. The number of aromatic nitrogens is 2. The van der Waals surface area contributed by atoms with Crippen LogP contribution in [-0.2, 0) is 6.54 Å². The molecule has 0 fully saturated rings. The van der Waals surface area contributed by atoms with Crippen LogP contribution in [-0.4, -0.2) is 9.78 Å². The highest BCUT2D eigenvalue weighted by molar-refractivity contribution is 5.58. The number of rotatable bonds is 3. The van der Waals surface area contributed by atoms with Gasteiger partial charge in [0.15, 0.2) is 0 Å². The van der Waals surface area contributed by atoms with Gasteiger partial charge in [0.25, 0.3) is 5.56 Å². The Morgan fingerprint density at radius 3 is 2.61 bits per heavy atom. The van der Waals surface area contributed by atoms with Crippen LogP contribution in [0.1, 0.15) is 12.0 Å². The van der Waals surface area contributed by atoms with Gasteiger partial charge in [0.1, 0.15) is 0 Å². The zero-order chi connectivity index (χ0) is 13.0. The van der Waals surface area contributed by atoms with E-state index in [2.05, 4.69) is 5.10 Å². The smallest absolute Gasteiger partial charge is 0.266 e. The Labute approximate surface area is 105 Å². The second kappa shape index (κ2) is 5.28. The van der Waals surface area contributed by atoms with Gasteiger partial charge in [-0.1, -0.05) is 29.8 Å². The first-order valence-corrected chi connectivity index (χ1v) is 5.73. The van der Waals surface area contributed by atoms with Gasteiger partial charge < -0.3 is 0 Å². The van der Waals surface area contributed by atoms with Crippen molar-refractivity contribution in [2.45, 2.75) is 19.9 Å². The third-order valence-corrected chi connectivity index (χ3v) is 2.65. The minimum Gasteiger partial charge on any atom is -0.268 e. The normalized spacial score (nSPS) is 10.0. The summed E-state index contributed by atoms with van der Waals surface area (Å²) in [5, 5.41) is 12.8. The van der Waals surface area contributed by atoms with E-state index in [1.807, 2.05) is 37.3 Å². The summed E-state index contributed by atoms with van der Waals surface area (Å²) in [4.78, 5) is 11.6. The summed E-state index contributed by atoms with van der Waals surface area (Å²) in [6, 6.07) is 13.1. The largest absolute Gasteiger partial charge is 0.268 e. The number of nitriles is 1. The molecule has 0 atom stereocenters. The molecule has 0 saturated heterocycles. The standard InChI is InChI=1S/C14H13N3O/c1-11-3-5-12(6-4-11)13-7-8-14(18)17(16-13)10-2-9-15/h3-8H,2,10H2,1H3. The van der Waals surface area contributed by atoms with Gasteiger partial charge in [-0.25, -0.2) is 4.68 Å². The molecule has 0 aliphatic rings. The zero-order valence-corrected chi connectivity index (χ0v) is 10.1. The summed E-state index contributed by atoms with van der Waals surface area (Å²) < 4.78 is 1.33. The highest BCUT2D eigenvalue weighted by Crippen LogP contribution is 2.15. The Balaban J connectivity index is 2.37. The fraction of sp³-hybridized carbons (Fsp3) is 0.214. The van der Waals surface area contributed by atoms with E-state index >= 15 is 0 Å². The molecule has 1 aromatic heterocycles. The molecule has 0 aliphatic heterocycles. The molecule has 4 heteroatoms. The maximum Gasteiger partial charge on any atom is 0.266 e. The average Bonchev–Trinajstić information content (AvgIpc) is 2.39. The molecule has 0 spiro atoms. The molecule has 0 N–H and O–H groups in total. The first-order chi connectivity index (χ1) is 8.70. The van der Waals surface area contributed by atoms with Gasteiger partial charge in [-0.3, -0.25) is 4.79 Å². The van der Waals surface area contributed by atoms with E-state index in [1.54, 1.807) is 6.07 Å². The molecule has 0 unspecified atom stereocenters. The minimum absolute atomic E-state index is 0.180. The molecule has 1 aromatic carbocycles. The van der Waals surface area contributed by atoms with Gasteiger partial charge in [0.05, 0.1) is 24.7 Å². The summed E-state index contributed by atoms with van der Waals surface area (Å²) in [5.74, 6) is 0. The molecule has 2 aromatic rings. The summed E-state index contributed by atoms with van der Waals surface area (Å²) in [5.41, 5.74) is 2.71. The van der Waals surface area contributed by atoms with Crippen molar-refractivity contribution >= 4 is 0 Å². The number of hydrogen-bond acceptors (Lipinski definition) is 3. The topological polar surface area (TPSA) is 58.7 Å². The van der Waals surface area contributed by atoms with E-state index in [0.717, 1.165) is 11.3 Å². The third kappa shape index (κ3) is 2.64. The van der Waals surface area contributed by atoms with Crippen molar-refractivity contribution in [2.24, 2.45) is 0 Å². The molecule has 0 bridgehead atoms. The van der Waals surface area contributed by atoms with Crippen LogP contribution in [0.2, 0.25) is 0 Å². The molecule has 90 valence electrons. The van der Waals surface area contributed by atoms with E-state index in [1.165, 1.54) is 16.3 Å². The number of nitrogens with zero attached hydrogens (tertiary/aromatic N) is 3. The molecular formula is C14H13N3O. The summed E-state index contributed by atoms with van der Waals surface area (Å²) in [6.45, 7) is 2.35. The lowest BCUT2D eigenvalue weighted by atomic mass is 10.1. The van der Waals surface area contributed by atoms with E-state index in [9.17, 15) is 4.79 Å². The molecular weight excluding hydrogens is 226 g/mol. The van der Waals surface area contributed by atoms with Crippen molar-refractivity contribution in [1.29, 1.82) is 5.26 Å². The fourth-order valence-corrected chi connectivity index (χ4v) is 1.64. The van der Waals surface area contributed by atoms with Gasteiger partial charge in [0, 0.05) is 11.6 Å². The maximum absolute atomic E-state index is 11.6. The van der Waals surface area contributed by atoms with Gasteiger partial charge >= 0.3 is 0 Å². The molecule has 0 amide bonds. The van der Waals surface area contributed by atoms with Crippen molar-refractivity contribution < 1.29 is 0 Å². The van der Waals surface area contributed by atoms with Crippen LogP contribution in [0.4, 0.5) is 0 Å². The molecule has 4 nitrogen and oxygen atoms in total. The first kappa shape index (κ1) is 12.1. The molecule has 1 heterocycles. The van der Waals surface area contributed by atoms with E-state index < -0.39 is 0 Å². The van der Waals surface area contributed by atoms with Crippen molar-refractivity contribution in [1.82, 2.24) is 9.78 Å².